The molecule has 1 amide bonds. The van der Waals surface area contributed by atoms with Crippen molar-refractivity contribution in [3.05, 3.63) is 24.3 Å². The lowest BCUT2D eigenvalue weighted by Gasteiger charge is -2.14. The van der Waals surface area contributed by atoms with E-state index in [4.69, 9.17) is 5.73 Å². The van der Waals surface area contributed by atoms with Crippen molar-refractivity contribution in [2.45, 2.75) is 19.2 Å². The first-order valence-electron chi connectivity index (χ1n) is 5.72. The zero-order chi connectivity index (χ0) is 14.1. The molecule has 0 bridgehead atoms. The van der Waals surface area contributed by atoms with Crippen LogP contribution in [0.1, 0.15) is 12.8 Å². The lowest BCUT2D eigenvalue weighted by molar-refractivity contribution is -0.274. The normalized spacial score (nSPS) is 16.8. The maximum Gasteiger partial charge on any atom is 0.573 e. The second-order valence-corrected chi connectivity index (χ2v) is 4.51. The van der Waals surface area contributed by atoms with E-state index in [1.165, 1.54) is 18.2 Å². The molecule has 0 aliphatic heterocycles. The molecule has 0 spiro atoms. The van der Waals surface area contributed by atoms with Crippen LogP contribution in [0.15, 0.2) is 24.3 Å². The molecule has 1 aliphatic carbocycles. The molecule has 0 atom stereocenters. The predicted molar refractivity (Wildman–Crippen MR) is 62.5 cm³/mol. The molecule has 1 fully saturated rings. The van der Waals surface area contributed by atoms with Crippen LogP contribution < -0.4 is 15.8 Å². The van der Waals surface area contributed by atoms with Crippen LogP contribution in [0.5, 0.6) is 5.75 Å². The number of rotatable bonds is 4. The minimum absolute atomic E-state index is 0.234. The number of hydrogen-bond donors (Lipinski definition) is 2. The first kappa shape index (κ1) is 13.7. The molecule has 1 aromatic rings. The zero-order valence-electron chi connectivity index (χ0n) is 9.96. The van der Waals surface area contributed by atoms with Crippen molar-refractivity contribution in [3.63, 3.8) is 0 Å². The molecule has 0 heterocycles. The third-order valence-corrected chi connectivity index (χ3v) is 3.05. The van der Waals surface area contributed by atoms with Gasteiger partial charge >= 0.3 is 6.36 Å². The fraction of sp³-hybridized carbons (Fsp3) is 0.417. The van der Waals surface area contributed by atoms with Gasteiger partial charge < -0.3 is 15.8 Å². The molecule has 3 N–H and O–H groups in total. The lowest BCUT2D eigenvalue weighted by atomic mass is 10.1. The van der Waals surface area contributed by atoms with Gasteiger partial charge in [-0.25, -0.2) is 0 Å². The second-order valence-electron chi connectivity index (χ2n) is 4.51. The van der Waals surface area contributed by atoms with E-state index in [-0.39, 0.29) is 23.9 Å². The van der Waals surface area contributed by atoms with Crippen LogP contribution in [-0.4, -0.2) is 18.8 Å². The first-order valence-corrected chi connectivity index (χ1v) is 5.72. The largest absolute Gasteiger partial charge is 0.573 e. The molecule has 7 heteroatoms. The first-order chi connectivity index (χ1) is 8.85. The van der Waals surface area contributed by atoms with Crippen molar-refractivity contribution in [1.82, 2.24) is 0 Å². The number of carbonyl (C=O) groups is 1. The standard InChI is InChI=1S/C12H13F3N2O2/c13-12(14,15)19-9-3-1-2-8(6-9)17-10(18)11(7-16)4-5-11/h1-3,6H,4-5,7,16H2,(H,17,18). The number of benzene rings is 1. The summed E-state index contributed by atoms with van der Waals surface area (Å²) < 4.78 is 40.0. The minimum Gasteiger partial charge on any atom is -0.406 e. The highest BCUT2D eigenvalue weighted by Crippen LogP contribution is 2.45. The second kappa shape index (κ2) is 4.73. The predicted octanol–water partition coefficient (Wildman–Crippen LogP) is 2.26. The fourth-order valence-corrected chi connectivity index (χ4v) is 1.71. The molecule has 19 heavy (non-hydrogen) atoms. The molecule has 0 saturated heterocycles. The molecule has 4 nitrogen and oxygen atoms in total. The maximum absolute atomic E-state index is 12.1. The van der Waals surface area contributed by atoms with E-state index in [0.29, 0.717) is 12.8 Å². The van der Waals surface area contributed by atoms with Gasteiger partial charge in [0.1, 0.15) is 5.75 Å². The molecule has 0 unspecified atom stereocenters. The summed E-state index contributed by atoms with van der Waals surface area (Å²) in [5, 5.41) is 2.56. The van der Waals surface area contributed by atoms with Crippen molar-refractivity contribution < 1.29 is 22.7 Å². The summed E-state index contributed by atoms with van der Waals surface area (Å²) in [4.78, 5) is 11.9. The van der Waals surface area contributed by atoms with E-state index in [2.05, 4.69) is 10.1 Å². The van der Waals surface area contributed by atoms with Crippen LogP contribution in [0.3, 0.4) is 0 Å². The third kappa shape index (κ3) is 3.37. The van der Waals surface area contributed by atoms with E-state index < -0.39 is 11.8 Å². The Morgan fingerprint density at radius 1 is 1.42 bits per heavy atom. The number of nitrogens with two attached hydrogens (primary N) is 1. The van der Waals surface area contributed by atoms with Gasteiger partial charge in [0.05, 0.1) is 5.41 Å². The summed E-state index contributed by atoms with van der Waals surface area (Å²) >= 11 is 0. The van der Waals surface area contributed by atoms with E-state index in [1.54, 1.807) is 0 Å². The van der Waals surface area contributed by atoms with Crippen molar-refractivity contribution in [3.8, 4) is 5.75 Å². The van der Waals surface area contributed by atoms with E-state index >= 15 is 0 Å². The van der Waals surface area contributed by atoms with Gasteiger partial charge in [0.15, 0.2) is 0 Å². The number of alkyl halides is 3. The molecule has 104 valence electrons. The quantitative estimate of drug-likeness (QED) is 0.885. The van der Waals surface area contributed by atoms with Crippen LogP contribution in [0.4, 0.5) is 18.9 Å². The molecule has 2 rings (SSSR count). The lowest BCUT2D eigenvalue weighted by Crippen LogP contribution is -2.30. The van der Waals surface area contributed by atoms with Gasteiger partial charge in [0.2, 0.25) is 5.91 Å². The van der Waals surface area contributed by atoms with Gasteiger partial charge in [-0.05, 0) is 25.0 Å². The monoisotopic (exact) mass is 274 g/mol. The Kier molecular flexibility index (Phi) is 3.40. The number of hydrogen-bond acceptors (Lipinski definition) is 3. The van der Waals surface area contributed by atoms with Gasteiger partial charge in [-0.2, -0.15) is 0 Å². The smallest absolute Gasteiger partial charge is 0.406 e. The van der Waals surface area contributed by atoms with E-state index in [0.717, 1.165) is 6.07 Å². The average Bonchev–Trinajstić information content (AvgIpc) is 3.07. The van der Waals surface area contributed by atoms with Crippen LogP contribution in [-0.2, 0) is 4.79 Å². The topological polar surface area (TPSA) is 64.4 Å². The van der Waals surface area contributed by atoms with Crippen LogP contribution >= 0.6 is 0 Å². The Morgan fingerprint density at radius 3 is 2.63 bits per heavy atom. The van der Waals surface area contributed by atoms with Crippen LogP contribution in [0, 0.1) is 5.41 Å². The summed E-state index contributed by atoms with van der Waals surface area (Å²) in [6, 6.07) is 5.16. The van der Waals surface area contributed by atoms with Crippen LogP contribution in [0.25, 0.3) is 0 Å². The molecule has 0 aromatic heterocycles. The third-order valence-electron chi connectivity index (χ3n) is 3.05. The summed E-state index contributed by atoms with van der Waals surface area (Å²) in [5.41, 5.74) is 5.20. The summed E-state index contributed by atoms with van der Waals surface area (Å²) in [5.74, 6) is -0.637. The number of halogens is 3. The average molecular weight is 274 g/mol. The number of nitrogens with one attached hydrogen (secondary N) is 1. The summed E-state index contributed by atoms with van der Waals surface area (Å²) in [6.45, 7) is 0.234. The molecular weight excluding hydrogens is 261 g/mol. The molecular formula is C12H13F3N2O2. The fourth-order valence-electron chi connectivity index (χ4n) is 1.71. The highest BCUT2D eigenvalue weighted by molar-refractivity contribution is 5.97. The molecule has 1 aliphatic rings. The molecule has 1 saturated carbocycles. The van der Waals surface area contributed by atoms with Crippen molar-refractivity contribution in [2.24, 2.45) is 11.1 Å². The Morgan fingerprint density at radius 2 is 2.11 bits per heavy atom. The number of ether oxygens (including phenoxy) is 1. The van der Waals surface area contributed by atoms with Gasteiger partial charge in [0, 0.05) is 18.3 Å². The van der Waals surface area contributed by atoms with Gasteiger partial charge in [-0.1, -0.05) is 6.07 Å². The van der Waals surface area contributed by atoms with E-state index in [1.807, 2.05) is 0 Å². The Labute approximate surface area is 107 Å². The van der Waals surface area contributed by atoms with Crippen molar-refractivity contribution in [2.75, 3.05) is 11.9 Å². The number of anilines is 1. The van der Waals surface area contributed by atoms with Crippen molar-refractivity contribution in [1.29, 1.82) is 0 Å². The zero-order valence-corrected chi connectivity index (χ0v) is 9.96. The van der Waals surface area contributed by atoms with Crippen molar-refractivity contribution >= 4 is 11.6 Å². The van der Waals surface area contributed by atoms with Gasteiger partial charge in [-0.3, -0.25) is 4.79 Å². The maximum atomic E-state index is 12.1. The highest BCUT2D eigenvalue weighted by atomic mass is 19.4. The summed E-state index contributed by atoms with van der Waals surface area (Å²) in [7, 11) is 0. The highest BCUT2D eigenvalue weighted by Gasteiger charge is 2.48. The summed E-state index contributed by atoms with van der Waals surface area (Å²) in [6.07, 6.45) is -3.35. The SMILES string of the molecule is NCC1(C(=O)Nc2cccc(OC(F)(F)F)c2)CC1. The van der Waals surface area contributed by atoms with E-state index in [9.17, 15) is 18.0 Å². The molecule has 1 aromatic carbocycles. The number of amides is 1. The van der Waals surface area contributed by atoms with Gasteiger partial charge in [-0.15, -0.1) is 13.2 Å². The Hall–Kier alpha value is -1.76. The minimum atomic E-state index is -4.75. The molecule has 0 radical (unpaired) electrons. The number of carbonyl (C=O) groups excluding carboxylic acids is 1. The Balaban J connectivity index is 2.05. The van der Waals surface area contributed by atoms with Gasteiger partial charge in [0.25, 0.3) is 0 Å². The van der Waals surface area contributed by atoms with Crippen LogP contribution in [0.2, 0.25) is 0 Å². The Bertz CT molecular complexity index is 484.